The van der Waals surface area contributed by atoms with Gasteiger partial charge >= 0.3 is 5.97 Å². The van der Waals surface area contributed by atoms with Crippen LogP contribution in [0, 0.1) is 0 Å². The number of halogens is 2. The van der Waals surface area contributed by atoms with E-state index in [0.29, 0.717) is 5.75 Å². The fraction of sp³-hybridized carbons (Fsp3) is 0.125. The molecular weight excluding hydrogens is 325 g/mol. The van der Waals surface area contributed by atoms with Gasteiger partial charge in [0.25, 0.3) is 0 Å². The first-order valence-corrected chi connectivity index (χ1v) is 7.16. The Labute approximate surface area is 138 Å². The second-order valence-corrected chi connectivity index (χ2v) is 5.12. The highest BCUT2D eigenvalue weighted by atomic mass is 35.5. The van der Waals surface area contributed by atoms with Gasteiger partial charge in [-0.2, -0.15) is 0 Å². The number of pyridine rings is 1. The summed E-state index contributed by atoms with van der Waals surface area (Å²) in [6.07, 6.45) is 4.84. The van der Waals surface area contributed by atoms with Gasteiger partial charge in [-0.05, 0) is 18.2 Å². The quantitative estimate of drug-likeness (QED) is 0.582. The van der Waals surface area contributed by atoms with Crippen LogP contribution in [0.5, 0.6) is 5.75 Å². The number of aromatic nitrogens is 1. The van der Waals surface area contributed by atoms with Gasteiger partial charge in [-0.25, -0.2) is 4.79 Å². The van der Waals surface area contributed by atoms with Crippen LogP contribution in [-0.4, -0.2) is 17.6 Å². The zero-order valence-electron chi connectivity index (χ0n) is 11.6. The highest BCUT2D eigenvalue weighted by Gasteiger charge is 2.15. The first kappa shape index (κ1) is 16.3. The summed E-state index contributed by atoms with van der Waals surface area (Å²) in [4.78, 5) is 15.8. The number of hydrogen-bond donors (Lipinski definition) is 0. The lowest BCUT2D eigenvalue weighted by atomic mass is 10.2. The minimum absolute atomic E-state index is 0.118. The predicted molar refractivity (Wildman–Crippen MR) is 85.5 cm³/mol. The molecule has 22 heavy (non-hydrogen) atoms. The van der Waals surface area contributed by atoms with E-state index in [-0.39, 0.29) is 28.8 Å². The van der Waals surface area contributed by atoms with E-state index in [1.165, 1.54) is 18.2 Å². The molecule has 0 spiro atoms. The first-order chi connectivity index (χ1) is 10.6. The number of benzene rings is 1. The minimum atomic E-state index is -0.525. The van der Waals surface area contributed by atoms with Crippen molar-refractivity contribution in [3.8, 4) is 5.75 Å². The normalized spacial score (nSPS) is 10.1. The minimum Gasteiger partial charge on any atom is -0.486 e. The van der Waals surface area contributed by atoms with Gasteiger partial charge in [0, 0.05) is 18.0 Å². The van der Waals surface area contributed by atoms with E-state index >= 15 is 0 Å². The fourth-order valence-electron chi connectivity index (χ4n) is 1.67. The topological polar surface area (TPSA) is 48.4 Å². The molecular formula is C16H13Cl2NO3. The SMILES string of the molecule is C=CCOC(=O)c1cc(Cl)c(OCc2cccnc2)c(Cl)c1. The monoisotopic (exact) mass is 337 g/mol. The molecule has 0 N–H and O–H groups in total. The molecule has 2 aromatic rings. The molecule has 0 saturated carbocycles. The third-order valence-corrected chi connectivity index (χ3v) is 3.23. The Morgan fingerprint density at radius 1 is 1.32 bits per heavy atom. The largest absolute Gasteiger partial charge is 0.486 e. The van der Waals surface area contributed by atoms with Crippen LogP contribution >= 0.6 is 23.2 Å². The smallest absolute Gasteiger partial charge is 0.338 e. The second-order valence-electron chi connectivity index (χ2n) is 4.31. The number of carbonyl (C=O) groups excluding carboxylic acids is 1. The van der Waals surface area contributed by atoms with Crippen molar-refractivity contribution < 1.29 is 14.3 Å². The van der Waals surface area contributed by atoms with Gasteiger partial charge in [0.2, 0.25) is 0 Å². The van der Waals surface area contributed by atoms with Crippen molar-refractivity contribution >= 4 is 29.2 Å². The molecule has 0 fully saturated rings. The second kappa shape index (κ2) is 7.82. The average Bonchev–Trinajstić information content (AvgIpc) is 2.52. The maximum atomic E-state index is 11.8. The number of hydrogen-bond acceptors (Lipinski definition) is 4. The molecule has 1 aromatic heterocycles. The van der Waals surface area contributed by atoms with Crippen LogP contribution < -0.4 is 4.74 Å². The van der Waals surface area contributed by atoms with Gasteiger partial charge in [0.1, 0.15) is 13.2 Å². The zero-order chi connectivity index (χ0) is 15.9. The number of ether oxygens (including phenoxy) is 2. The lowest BCUT2D eigenvalue weighted by Gasteiger charge is -2.11. The van der Waals surface area contributed by atoms with Crippen LogP contribution in [0.1, 0.15) is 15.9 Å². The van der Waals surface area contributed by atoms with Crippen LogP contribution in [0.2, 0.25) is 10.0 Å². The molecule has 2 rings (SSSR count). The molecule has 0 aliphatic rings. The summed E-state index contributed by atoms with van der Waals surface area (Å²) in [7, 11) is 0. The lowest BCUT2D eigenvalue weighted by molar-refractivity contribution is 0.0549. The van der Waals surface area contributed by atoms with Crippen molar-refractivity contribution in [1.29, 1.82) is 0 Å². The Kier molecular flexibility index (Phi) is 5.81. The van der Waals surface area contributed by atoms with E-state index in [9.17, 15) is 4.79 Å². The Balaban J connectivity index is 2.13. The van der Waals surface area contributed by atoms with Gasteiger partial charge in [-0.3, -0.25) is 4.98 Å². The van der Waals surface area contributed by atoms with Gasteiger partial charge in [0.05, 0.1) is 15.6 Å². The van der Waals surface area contributed by atoms with Gasteiger partial charge in [0.15, 0.2) is 5.75 Å². The van der Waals surface area contributed by atoms with Gasteiger partial charge in [-0.15, -0.1) is 0 Å². The molecule has 1 heterocycles. The number of nitrogens with zero attached hydrogens (tertiary/aromatic N) is 1. The first-order valence-electron chi connectivity index (χ1n) is 6.40. The fourth-order valence-corrected chi connectivity index (χ4v) is 2.27. The Morgan fingerprint density at radius 3 is 2.64 bits per heavy atom. The van der Waals surface area contributed by atoms with Crippen molar-refractivity contribution in [1.82, 2.24) is 4.98 Å². The summed E-state index contributed by atoms with van der Waals surface area (Å²) in [5, 5.41) is 0.476. The Bertz CT molecular complexity index is 651. The van der Waals surface area contributed by atoms with Crippen molar-refractivity contribution in [2.45, 2.75) is 6.61 Å². The summed E-state index contributed by atoms with van der Waals surface area (Å²) < 4.78 is 10.5. The molecule has 0 saturated heterocycles. The van der Waals surface area contributed by atoms with E-state index < -0.39 is 5.97 Å². The van der Waals surface area contributed by atoms with Crippen LogP contribution in [0.4, 0.5) is 0 Å². The van der Waals surface area contributed by atoms with Crippen LogP contribution in [0.3, 0.4) is 0 Å². The summed E-state index contributed by atoms with van der Waals surface area (Å²) in [6.45, 7) is 3.86. The predicted octanol–water partition coefficient (Wildman–Crippen LogP) is 4.31. The number of rotatable bonds is 6. The highest BCUT2D eigenvalue weighted by molar-refractivity contribution is 6.37. The maximum absolute atomic E-state index is 11.8. The lowest BCUT2D eigenvalue weighted by Crippen LogP contribution is -2.06. The van der Waals surface area contributed by atoms with Crippen LogP contribution in [-0.2, 0) is 11.3 Å². The zero-order valence-corrected chi connectivity index (χ0v) is 13.1. The third-order valence-electron chi connectivity index (χ3n) is 2.67. The highest BCUT2D eigenvalue weighted by Crippen LogP contribution is 2.35. The van der Waals surface area contributed by atoms with Crippen molar-refractivity contribution in [3.05, 3.63) is 70.5 Å². The summed E-state index contributed by atoms with van der Waals surface area (Å²) in [5.41, 5.74) is 1.13. The van der Waals surface area contributed by atoms with Gasteiger partial charge in [-0.1, -0.05) is 41.9 Å². The van der Waals surface area contributed by atoms with E-state index in [1.807, 2.05) is 6.07 Å². The molecule has 4 nitrogen and oxygen atoms in total. The maximum Gasteiger partial charge on any atom is 0.338 e. The van der Waals surface area contributed by atoms with Crippen molar-refractivity contribution in [2.24, 2.45) is 0 Å². The standard InChI is InChI=1S/C16H13Cl2NO3/c1-2-6-21-16(20)12-7-13(17)15(14(18)8-12)22-10-11-4-3-5-19-9-11/h2-5,7-9H,1,6,10H2. The molecule has 6 heteroatoms. The average molecular weight is 338 g/mol. The van der Waals surface area contributed by atoms with E-state index in [0.717, 1.165) is 5.56 Å². The molecule has 0 bridgehead atoms. The Morgan fingerprint density at radius 2 is 2.05 bits per heavy atom. The van der Waals surface area contributed by atoms with Crippen LogP contribution in [0.15, 0.2) is 49.3 Å². The summed E-state index contributed by atoms with van der Waals surface area (Å²) >= 11 is 12.3. The third kappa shape index (κ3) is 4.23. The summed E-state index contributed by atoms with van der Waals surface area (Å²) in [6, 6.07) is 6.59. The van der Waals surface area contributed by atoms with Crippen molar-refractivity contribution in [2.75, 3.05) is 6.61 Å². The molecule has 114 valence electrons. The van der Waals surface area contributed by atoms with Crippen LogP contribution in [0.25, 0.3) is 0 Å². The molecule has 0 unspecified atom stereocenters. The van der Waals surface area contributed by atoms with E-state index in [1.54, 1.807) is 18.5 Å². The van der Waals surface area contributed by atoms with Crippen molar-refractivity contribution in [3.63, 3.8) is 0 Å². The number of esters is 1. The Hall–Kier alpha value is -2.04. The molecule has 0 atom stereocenters. The summed E-state index contributed by atoms with van der Waals surface area (Å²) in [5.74, 6) is -0.213. The molecule has 0 aliphatic heterocycles. The number of carbonyl (C=O) groups is 1. The molecule has 1 aromatic carbocycles. The molecule has 0 amide bonds. The van der Waals surface area contributed by atoms with Gasteiger partial charge < -0.3 is 9.47 Å². The van der Waals surface area contributed by atoms with E-state index in [4.69, 9.17) is 32.7 Å². The molecule has 0 aliphatic carbocycles. The van der Waals surface area contributed by atoms with E-state index in [2.05, 4.69) is 11.6 Å². The molecule has 0 radical (unpaired) electrons.